The van der Waals surface area contributed by atoms with Gasteiger partial charge in [0.15, 0.2) is 0 Å². The maximum absolute atomic E-state index is 5.98. The molecule has 0 aliphatic carbocycles. The van der Waals surface area contributed by atoms with Gasteiger partial charge in [-0.1, -0.05) is 32.7 Å². The maximum atomic E-state index is 5.98. The van der Waals surface area contributed by atoms with Crippen LogP contribution in [0.2, 0.25) is 0 Å². The van der Waals surface area contributed by atoms with Crippen LogP contribution in [0.15, 0.2) is 0 Å². The molecule has 0 atom stereocenters. The molecule has 0 aromatic carbocycles. The number of rotatable bonds is 5. The van der Waals surface area contributed by atoms with E-state index < -0.39 is 0 Å². The fraction of sp³-hybridized carbons (Fsp3) is 1.00. The van der Waals surface area contributed by atoms with E-state index in [-0.39, 0.29) is 0 Å². The minimum absolute atomic E-state index is 0.443. The zero-order valence-corrected chi connectivity index (χ0v) is 11.3. The lowest BCUT2D eigenvalue weighted by Crippen LogP contribution is -2.42. The van der Waals surface area contributed by atoms with Crippen LogP contribution in [0.3, 0.4) is 0 Å². The highest BCUT2D eigenvalue weighted by atomic mass is 32.2. The monoisotopic (exact) mass is 230 g/mol. The van der Waals surface area contributed by atoms with Gasteiger partial charge < -0.3 is 5.73 Å². The molecule has 0 radical (unpaired) electrons. The van der Waals surface area contributed by atoms with E-state index in [1.54, 1.807) is 0 Å². The highest BCUT2D eigenvalue weighted by Crippen LogP contribution is 2.38. The van der Waals surface area contributed by atoms with E-state index in [9.17, 15) is 0 Å². The molecule has 0 amide bonds. The molecule has 90 valence electrons. The summed E-state index contributed by atoms with van der Waals surface area (Å²) in [6.45, 7) is 10.2. The van der Waals surface area contributed by atoms with Gasteiger partial charge in [-0.2, -0.15) is 0 Å². The molecule has 1 saturated heterocycles. The lowest BCUT2D eigenvalue weighted by atomic mass is 9.73. The third-order valence-corrected chi connectivity index (χ3v) is 4.36. The molecule has 1 aliphatic heterocycles. The van der Waals surface area contributed by atoms with Crippen molar-refractivity contribution in [1.29, 1.82) is 0 Å². The van der Waals surface area contributed by atoms with Crippen LogP contribution in [0.1, 0.15) is 40.0 Å². The number of hydrogen-bond acceptors (Lipinski definition) is 3. The van der Waals surface area contributed by atoms with Crippen molar-refractivity contribution in [2.24, 2.45) is 17.1 Å². The van der Waals surface area contributed by atoms with Crippen molar-refractivity contribution in [2.75, 3.05) is 25.4 Å². The molecule has 1 rings (SSSR count). The first-order chi connectivity index (χ1) is 7.12. The van der Waals surface area contributed by atoms with E-state index in [1.807, 2.05) is 11.9 Å². The van der Waals surface area contributed by atoms with Gasteiger partial charge in [-0.15, -0.1) is 0 Å². The fourth-order valence-electron chi connectivity index (χ4n) is 2.63. The molecule has 0 bridgehead atoms. The molecule has 0 spiro atoms. The Labute approximate surface area is 99.1 Å². The molecule has 2 nitrogen and oxygen atoms in total. The summed E-state index contributed by atoms with van der Waals surface area (Å²) in [6.07, 6.45) is 3.87. The Morgan fingerprint density at radius 3 is 2.33 bits per heavy atom. The van der Waals surface area contributed by atoms with Gasteiger partial charge in [0.05, 0.1) is 0 Å². The largest absolute Gasteiger partial charge is 0.330 e. The third kappa shape index (κ3) is 3.97. The second-order valence-corrected chi connectivity index (χ2v) is 6.50. The highest BCUT2D eigenvalue weighted by Gasteiger charge is 2.33. The van der Waals surface area contributed by atoms with Crippen molar-refractivity contribution in [2.45, 2.75) is 40.0 Å². The summed E-state index contributed by atoms with van der Waals surface area (Å²) in [4.78, 5) is 0. The van der Waals surface area contributed by atoms with Gasteiger partial charge in [-0.25, -0.2) is 0 Å². The quantitative estimate of drug-likeness (QED) is 0.736. The number of hydrogen-bond donors (Lipinski definition) is 1. The summed E-state index contributed by atoms with van der Waals surface area (Å²) in [5.74, 6) is 1.97. The van der Waals surface area contributed by atoms with E-state index in [0.717, 1.165) is 12.5 Å². The topological polar surface area (TPSA) is 29.3 Å². The average molecular weight is 230 g/mol. The van der Waals surface area contributed by atoms with Crippen molar-refractivity contribution in [3.8, 4) is 0 Å². The second-order valence-electron chi connectivity index (χ2n) is 5.15. The number of nitrogens with zero attached hydrogens (tertiary/aromatic N) is 1. The fourth-order valence-corrected chi connectivity index (χ4v) is 3.44. The molecular weight excluding hydrogens is 204 g/mol. The van der Waals surface area contributed by atoms with E-state index in [0.29, 0.717) is 5.41 Å². The van der Waals surface area contributed by atoms with Gasteiger partial charge in [0.25, 0.3) is 0 Å². The van der Waals surface area contributed by atoms with Gasteiger partial charge >= 0.3 is 0 Å². The van der Waals surface area contributed by atoms with Crippen LogP contribution in [-0.4, -0.2) is 29.7 Å². The summed E-state index contributed by atoms with van der Waals surface area (Å²) in [5, 5.41) is 0. The summed E-state index contributed by atoms with van der Waals surface area (Å²) in [6, 6.07) is 0. The molecule has 0 aromatic rings. The molecule has 1 fully saturated rings. The van der Waals surface area contributed by atoms with Crippen molar-refractivity contribution >= 4 is 11.9 Å². The Hall–Kier alpha value is 0.270. The molecule has 2 N–H and O–H groups in total. The number of nitrogens with two attached hydrogens (primary N) is 1. The first-order valence-electron chi connectivity index (χ1n) is 6.20. The van der Waals surface area contributed by atoms with Crippen LogP contribution in [0.25, 0.3) is 0 Å². The molecule has 0 unspecified atom stereocenters. The van der Waals surface area contributed by atoms with E-state index in [1.165, 1.54) is 38.1 Å². The van der Waals surface area contributed by atoms with E-state index in [2.05, 4.69) is 25.1 Å². The zero-order valence-electron chi connectivity index (χ0n) is 10.5. The van der Waals surface area contributed by atoms with Crippen LogP contribution in [0.5, 0.6) is 0 Å². The Balaban J connectivity index is 2.43. The van der Waals surface area contributed by atoms with Crippen LogP contribution in [0, 0.1) is 11.3 Å². The van der Waals surface area contributed by atoms with E-state index in [4.69, 9.17) is 5.73 Å². The van der Waals surface area contributed by atoms with E-state index >= 15 is 0 Å². The van der Waals surface area contributed by atoms with Gasteiger partial charge in [0.1, 0.15) is 0 Å². The first kappa shape index (κ1) is 13.3. The van der Waals surface area contributed by atoms with Crippen LogP contribution >= 0.6 is 11.9 Å². The summed E-state index contributed by atoms with van der Waals surface area (Å²) < 4.78 is 2.51. The lowest BCUT2D eigenvalue weighted by molar-refractivity contribution is 0.137. The summed E-state index contributed by atoms with van der Waals surface area (Å²) >= 11 is 1.97. The van der Waals surface area contributed by atoms with Gasteiger partial charge in [-0.3, -0.25) is 4.31 Å². The smallest absolute Gasteiger partial charge is 0.00951 e. The molecule has 1 heterocycles. The van der Waals surface area contributed by atoms with Crippen molar-refractivity contribution in [1.82, 2.24) is 4.31 Å². The normalized spacial score (nSPS) is 22.2. The molecular formula is C12H26N2S. The van der Waals surface area contributed by atoms with Gasteiger partial charge in [-0.05, 0) is 37.1 Å². The summed E-state index contributed by atoms with van der Waals surface area (Å²) in [5.41, 5.74) is 6.42. The Bertz CT molecular complexity index is 174. The molecule has 3 heteroatoms. The standard InChI is InChI=1S/C12H26N2S/c1-4-15-14-7-5-12(10-13,6-8-14)9-11(2)3/h11H,4-10,13H2,1-3H3. The van der Waals surface area contributed by atoms with Crippen molar-refractivity contribution < 1.29 is 0 Å². The second kappa shape index (κ2) is 6.12. The zero-order chi connectivity index (χ0) is 11.3. The third-order valence-electron chi connectivity index (χ3n) is 3.37. The first-order valence-corrected chi connectivity index (χ1v) is 7.14. The van der Waals surface area contributed by atoms with Crippen molar-refractivity contribution in [3.05, 3.63) is 0 Å². The van der Waals surface area contributed by atoms with Crippen molar-refractivity contribution in [3.63, 3.8) is 0 Å². The van der Waals surface area contributed by atoms with Crippen LogP contribution < -0.4 is 5.73 Å². The Morgan fingerprint density at radius 1 is 1.33 bits per heavy atom. The molecule has 15 heavy (non-hydrogen) atoms. The highest BCUT2D eigenvalue weighted by molar-refractivity contribution is 7.96. The Kier molecular flexibility index (Phi) is 5.44. The lowest BCUT2D eigenvalue weighted by Gasteiger charge is -2.41. The molecule has 0 saturated carbocycles. The Morgan fingerprint density at radius 2 is 1.93 bits per heavy atom. The predicted molar refractivity (Wildman–Crippen MR) is 69.9 cm³/mol. The minimum Gasteiger partial charge on any atom is -0.330 e. The summed E-state index contributed by atoms with van der Waals surface area (Å²) in [7, 11) is 0. The predicted octanol–water partition coefficient (Wildman–Crippen LogP) is 2.74. The SMILES string of the molecule is CCSN1CCC(CN)(CC(C)C)CC1. The van der Waals surface area contributed by atoms with Crippen LogP contribution in [-0.2, 0) is 0 Å². The maximum Gasteiger partial charge on any atom is 0.00951 e. The van der Waals surface area contributed by atoms with Gasteiger partial charge in [0, 0.05) is 18.8 Å². The number of piperidine rings is 1. The van der Waals surface area contributed by atoms with Gasteiger partial charge in [0.2, 0.25) is 0 Å². The average Bonchev–Trinajstić information content (AvgIpc) is 2.21. The van der Waals surface area contributed by atoms with Crippen LogP contribution in [0.4, 0.5) is 0 Å². The minimum atomic E-state index is 0.443. The molecule has 0 aromatic heterocycles. The molecule has 1 aliphatic rings.